The largest absolute Gasteiger partial charge is 0.416 e. The Balaban J connectivity index is 1.81. The summed E-state index contributed by atoms with van der Waals surface area (Å²) < 4.78 is 81.4. The molecular formula is C30H29ClF6N4O2. The van der Waals surface area contributed by atoms with Gasteiger partial charge in [-0.25, -0.2) is 4.98 Å². The number of Topliss-reactive ketones (excluding diaryl/α,β-unsaturated/α-hetero) is 1. The Labute approximate surface area is 249 Å². The second kappa shape index (κ2) is 11.5. The molecule has 1 aromatic heterocycles. The van der Waals surface area contributed by atoms with Crippen molar-refractivity contribution in [2.75, 3.05) is 23.4 Å². The lowest BCUT2D eigenvalue weighted by atomic mass is 9.81. The van der Waals surface area contributed by atoms with Gasteiger partial charge in [-0.2, -0.15) is 26.3 Å². The summed E-state index contributed by atoms with van der Waals surface area (Å²) in [4.78, 5) is 33.3. The number of hydrogen-bond acceptors (Lipinski definition) is 5. The zero-order valence-electron chi connectivity index (χ0n) is 23.6. The lowest BCUT2D eigenvalue weighted by molar-refractivity contribution is -0.143. The van der Waals surface area contributed by atoms with E-state index in [0.717, 1.165) is 4.90 Å². The fourth-order valence-corrected chi connectivity index (χ4v) is 5.49. The summed E-state index contributed by atoms with van der Waals surface area (Å²) in [6, 6.07) is 9.50. The molecule has 1 amide bonds. The number of ketones is 1. The van der Waals surface area contributed by atoms with Crippen LogP contribution in [0.4, 0.5) is 37.8 Å². The molecule has 1 unspecified atom stereocenters. The molecular weight excluding hydrogens is 598 g/mol. The van der Waals surface area contributed by atoms with Gasteiger partial charge in [0, 0.05) is 29.7 Å². The highest BCUT2D eigenvalue weighted by Gasteiger charge is 2.42. The average molecular weight is 627 g/mol. The summed E-state index contributed by atoms with van der Waals surface area (Å²) >= 11 is 6.51. The van der Waals surface area contributed by atoms with Crippen molar-refractivity contribution in [2.24, 2.45) is 11.7 Å². The zero-order valence-corrected chi connectivity index (χ0v) is 24.4. The van der Waals surface area contributed by atoms with Gasteiger partial charge >= 0.3 is 12.4 Å². The third kappa shape index (κ3) is 6.35. The lowest BCUT2D eigenvalue weighted by Crippen LogP contribution is -2.43. The smallest absolute Gasteiger partial charge is 0.341 e. The maximum Gasteiger partial charge on any atom is 0.416 e. The van der Waals surface area contributed by atoms with Crippen LogP contribution >= 0.6 is 11.6 Å². The minimum atomic E-state index is -5.07. The number of carbonyl (C=O) groups is 2. The van der Waals surface area contributed by atoms with E-state index in [1.807, 2.05) is 0 Å². The van der Waals surface area contributed by atoms with Crippen LogP contribution in [-0.2, 0) is 27.4 Å². The van der Waals surface area contributed by atoms with Crippen LogP contribution in [0.2, 0.25) is 5.02 Å². The molecule has 0 radical (unpaired) electrons. The first-order chi connectivity index (χ1) is 19.8. The van der Waals surface area contributed by atoms with Crippen LogP contribution in [0.1, 0.15) is 43.9 Å². The minimum Gasteiger partial charge on any atom is -0.341 e. The molecule has 1 fully saturated rings. The third-order valence-electron chi connectivity index (χ3n) is 7.81. The van der Waals surface area contributed by atoms with Crippen molar-refractivity contribution in [2.45, 2.75) is 51.1 Å². The highest BCUT2D eigenvalue weighted by atomic mass is 35.5. The fraction of sp³-hybridized carbons (Fsp3) is 0.367. The summed E-state index contributed by atoms with van der Waals surface area (Å²) in [5, 5.41) is 0.320. The third-order valence-corrected chi connectivity index (χ3v) is 8.14. The molecule has 13 heteroatoms. The Morgan fingerprint density at radius 2 is 1.51 bits per heavy atom. The van der Waals surface area contributed by atoms with Crippen molar-refractivity contribution in [3.05, 3.63) is 76.4 Å². The predicted molar refractivity (Wildman–Crippen MR) is 152 cm³/mol. The summed E-state index contributed by atoms with van der Waals surface area (Å²) in [7, 11) is 1.35. The first-order valence-corrected chi connectivity index (χ1v) is 13.6. The molecule has 2 atom stereocenters. The van der Waals surface area contributed by atoms with E-state index in [1.54, 1.807) is 35.2 Å². The zero-order chi connectivity index (χ0) is 32.1. The summed E-state index contributed by atoms with van der Waals surface area (Å²) in [6.45, 7) is 4.41. The molecule has 0 saturated carbocycles. The van der Waals surface area contributed by atoms with Crippen LogP contribution in [0.3, 0.4) is 0 Å². The first-order valence-electron chi connectivity index (χ1n) is 13.2. The Kier molecular flexibility index (Phi) is 8.60. The van der Waals surface area contributed by atoms with E-state index >= 15 is 0 Å². The van der Waals surface area contributed by atoms with Crippen LogP contribution < -0.4 is 15.5 Å². The molecule has 2 heterocycles. The quantitative estimate of drug-likeness (QED) is 0.296. The van der Waals surface area contributed by atoms with Gasteiger partial charge in [0.2, 0.25) is 5.91 Å². The number of aromatic nitrogens is 1. The van der Waals surface area contributed by atoms with Gasteiger partial charge < -0.3 is 15.5 Å². The number of amides is 1. The molecule has 0 spiro atoms. The normalized spacial score (nSPS) is 17.7. The fourth-order valence-electron chi connectivity index (χ4n) is 5.25. The second-order valence-electron chi connectivity index (χ2n) is 11.0. The van der Waals surface area contributed by atoms with Crippen LogP contribution in [0.25, 0.3) is 11.1 Å². The molecule has 1 aliphatic heterocycles. The molecule has 3 aromatic rings. The Bertz CT molecular complexity index is 1520. The Hall–Kier alpha value is -3.64. The molecule has 0 aliphatic carbocycles. The summed E-state index contributed by atoms with van der Waals surface area (Å²) in [6.07, 6.45) is -8.91. The van der Waals surface area contributed by atoms with Gasteiger partial charge in [-0.1, -0.05) is 29.8 Å². The van der Waals surface area contributed by atoms with Gasteiger partial charge in [0.15, 0.2) is 0 Å². The molecule has 1 saturated heterocycles. The van der Waals surface area contributed by atoms with E-state index < -0.39 is 52.4 Å². The summed E-state index contributed by atoms with van der Waals surface area (Å²) in [5.74, 6) is -0.849. The van der Waals surface area contributed by atoms with E-state index in [4.69, 9.17) is 17.3 Å². The predicted octanol–water partition coefficient (Wildman–Crippen LogP) is 7.08. The Morgan fingerprint density at radius 3 is 2.02 bits per heavy atom. The number of alkyl halides is 6. The van der Waals surface area contributed by atoms with Gasteiger partial charge in [0.05, 0.1) is 40.5 Å². The summed E-state index contributed by atoms with van der Waals surface area (Å²) in [5.41, 5.74) is 2.12. The van der Waals surface area contributed by atoms with Crippen LogP contribution in [0.5, 0.6) is 0 Å². The molecule has 4 rings (SSSR count). The number of halogens is 7. The molecule has 1 aliphatic rings. The van der Waals surface area contributed by atoms with Gasteiger partial charge in [0.25, 0.3) is 0 Å². The molecule has 2 aromatic carbocycles. The first kappa shape index (κ1) is 32.3. The van der Waals surface area contributed by atoms with E-state index in [9.17, 15) is 35.9 Å². The molecule has 43 heavy (non-hydrogen) atoms. The maximum atomic E-state index is 13.9. The van der Waals surface area contributed by atoms with Crippen LogP contribution in [0.15, 0.2) is 54.7 Å². The number of likely N-dealkylation sites (N-methyl/N-ethyl adjacent to an activating group) is 1. The van der Waals surface area contributed by atoms with Gasteiger partial charge in [-0.15, -0.1) is 0 Å². The lowest BCUT2D eigenvalue weighted by Gasteiger charge is -2.32. The number of rotatable bonds is 6. The molecule has 2 N–H and O–H groups in total. The minimum absolute atomic E-state index is 0.0195. The van der Waals surface area contributed by atoms with E-state index in [1.165, 1.54) is 34.0 Å². The topological polar surface area (TPSA) is 79.5 Å². The number of benzene rings is 2. The van der Waals surface area contributed by atoms with Crippen molar-refractivity contribution < 1.29 is 35.9 Å². The average Bonchev–Trinajstić information content (AvgIpc) is 3.32. The highest BCUT2D eigenvalue weighted by Crippen LogP contribution is 2.42. The number of carbonyl (C=O) groups excluding carboxylic acids is 2. The maximum absolute atomic E-state index is 13.9. The van der Waals surface area contributed by atoms with Crippen molar-refractivity contribution in [1.29, 1.82) is 0 Å². The highest BCUT2D eigenvalue weighted by molar-refractivity contribution is 6.33. The number of nitrogens with zero attached hydrogens (tertiary/aromatic N) is 3. The van der Waals surface area contributed by atoms with E-state index in [2.05, 4.69) is 4.98 Å². The van der Waals surface area contributed by atoms with Crippen LogP contribution in [0, 0.1) is 5.92 Å². The van der Waals surface area contributed by atoms with Crippen molar-refractivity contribution in [3.63, 3.8) is 0 Å². The number of pyridine rings is 1. The van der Waals surface area contributed by atoms with Gasteiger partial charge in [-0.05, 0) is 63.1 Å². The Morgan fingerprint density at radius 1 is 0.953 bits per heavy atom. The van der Waals surface area contributed by atoms with Crippen molar-refractivity contribution in [1.82, 2.24) is 4.98 Å². The van der Waals surface area contributed by atoms with Gasteiger partial charge in [-0.3, -0.25) is 9.59 Å². The van der Waals surface area contributed by atoms with E-state index in [0.29, 0.717) is 47.1 Å². The molecule has 0 bridgehead atoms. The second-order valence-corrected chi connectivity index (χ2v) is 11.4. The van der Waals surface area contributed by atoms with Crippen molar-refractivity contribution >= 4 is 34.8 Å². The number of anilines is 2. The van der Waals surface area contributed by atoms with Crippen LogP contribution in [-0.4, -0.2) is 36.4 Å². The monoisotopic (exact) mass is 626 g/mol. The number of hydrogen-bond donors (Lipinski definition) is 1. The molecule has 230 valence electrons. The van der Waals surface area contributed by atoms with E-state index in [-0.39, 0.29) is 17.5 Å². The number of nitrogens with two attached hydrogens (primary N) is 1. The molecule has 6 nitrogen and oxygen atoms in total. The van der Waals surface area contributed by atoms with Crippen molar-refractivity contribution in [3.8, 4) is 11.1 Å². The van der Waals surface area contributed by atoms with Gasteiger partial charge in [0.1, 0.15) is 11.6 Å². The standard InChI is InChI=1S/C30H29ClF6N4O2/c1-16(42)20-9-10-41(26(20)38)25-14-22(21-7-5-6-8-23(21)31)24(15-39-25)40(4)27(43)28(2,3)17-11-18(29(32,33)34)13-19(12-17)30(35,36)37/h5-8,11-15,20,26H,9-10,38H2,1-4H3/t20?,26-/m0/s1. The SMILES string of the molecule is CC(=O)C1CCN(c2cc(-c3ccccc3Cl)c(N(C)C(=O)C(C)(C)c3cc(C(F)(F)F)cc(C(F)(F)F)c3)cn2)[C@@H]1N.